The SMILES string of the molecule is COc1ccc2[nH]c(CNc3cnccn3)cc2c1. The Morgan fingerprint density at radius 3 is 3.00 bits per heavy atom. The van der Waals surface area contributed by atoms with Crippen molar-refractivity contribution in [2.24, 2.45) is 0 Å². The monoisotopic (exact) mass is 254 g/mol. The lowest BCUT2D eigenvalue weighted by atomic mass is 10.2. The molecule has 0 amide bonds. The first-order valence-electron chi connectivity index (χ1n) is 6.01. The third-order valence-electron chi connectivity index (χ3n) is 2.91. The number of benzene rings is 1. The van der Waals surface area contributed by atoms with E-state index >= 15 is 0 Å². The van der Waals surface area contributed by atoms with Gasteiger partial charge in [0.15, 0.2) is 0 Å². The molecular formula is C14H14N4O. The van der Waals surface area contributed by atoms with Gasteiger partial charge in [-0.3, -0.25) is 4.98 Å². The van der Waals surface area contributed by atoms with Gasteiger partial charge in [-0.05, 0) is 24.3 Å². The highest BCUT2D eigenvalue weighted by atomic mass is 16.5. The normalized spacial score (nSPS) is 10.6. The molecule has 0 fully saturated rings. The zero-order valence-electron chi connectivity index (χ0n) is 10.6. The van der Waals surface area contributed by atoms with Crippen molar-refractivity contribution in [3.05, 3.63) is 48.5 Å². The fourth-order valence-electron chi connectivity index (χ4n) is 1.97. The van der Waals surface area contributed by atoms with E-state index in [0.717, 1.165) is 28.2 Å². The van der Waals surface area contributed by atoms with Gasteiger partial charge in [0.05, 0.1) is 19.9 Å². The zero-order chi connectivity index (χ0) is 13.1. The maximum absolute atomic E-state index is 5.21. The number of aromatic nitrogens is 3. The van der Waals surface area contributed by atoms with Crippen LogP contribution < -0.4 is 10.1 Å². The number of nitrogens with zero attached hydrogens (tertiary/aromatic N) is 2. The summed E-state index contributed by atoms with van der Waals surface area (Å²) in [5, 5.41) is 4.35. The largest absolute Gasteiger partial charge is 0.497 e. The summed E-state index contributed by atoms with van der Waals surface area (Å²) in [6.45, 7) is 0.676. The van der Waals surface area contributed by atoms with E-state index in [9.17, 15) is 0 Å². The van der Waals surface area contributed by atoms with E-state index < -0.39 is 0 Å². The molecule has 0 aliphatic rings. The van der Waals surface area contributed by atoms with Crippen molar-refractivity contribution in [2.45, 2.75) is 6.54 Å². The van der Waals surface area contributed by atoms with Crippen LogP contribution in [0.5, 0.6) is 5.75 Å². The molecule has 0 unspecified atom stereocenters. The predicted octanol–water partition coefficient (Wildman–Crippen LogP) is 2.58. The molecule has 19 heavy (non-hydrogen) atoms. The van der Waals surface area contributed by atoms with Crippen LogP contribution in [0.25, 0.3) is 10.9 Å². The first-order valence-corrected chi connectivity index (χ1v) is 6.01. The van der Waals surface area contributed by atoms with Gasteiger partial charge in [0, 0.05) is 29.0 Å². The van der Waals surface area contributed by atoms with Crippen LogP contribution in [0.3, 0.4) is 0 Å². The number of hydrogen-bond donors (Lipinski definition) is 2. The van der Waals surface area contributed by atoms with Crippen molar-refractivity contribution in [3.63, 3.8) is 0 Å². The van der Waals surface area contributed by atoms with Crippen LogP contribution in [0.1, 0.15) is 5.69 Å². The number of rotatable bonds is 4. The predicted molar refractivity (Wildman–Crippen MR) is 74.2 cm³/mol. The third-order valence-corrected chi connectivity index (χ3v) is 2.91. The maximum Gasteiger partial charge on any atom is 0.144 e. The summed E-state index contributed by atoms with van der Waals surface area (Å²) in [5.41, 5.74) is 2.19. The van der Waals surface area contributed by atoms with Gasteiger partial charge in [0.25, 0.3) is 0 Å². The quantitative estimate of drug-likeness (QED) is 0.751. The second-order valence-electron chi connectivity index (χ2n) is 4.19. The summed E-state index contributed by atoms with van der Waals surface area (Å²) in [6.07, 6.45) is 5.02. The Hall–Kier alpha value is -2.56. The molecular weight excluding hydrogens is 240 g/mol. The molecule has 0 saturated heterocycles. The minimum atomic E-state index is 0.676. The smallest absolute Gasteiger partial charge is 0.144 e. The number of nitrogens with one attached hydrogen (secondary N) is 2. The van der Waals surface area contributed by atoms with Crippen LogP contribution in [-0.4, -0.2) is 22.1 Å². The maximum atomic E-state index is 5.21. The number of methoxy groups -OCH3 is 1. The van der Waals surface area contributed by atoms with Gasteiger partial charge in [0.1, 0.15) is 11.6 Å². The Kier molecular flexibility index (Phi) is 3.02. The number of anilines is 1. The van der Waals surface area contributed by atoms with E-state index in [1.165, 1.54) is 0 Å². The number of ether oxygens (including phenoxy) is 1. The molecule has 96 valence electrons. The van der Waals surface area contributed by atoms with E-state index in [4.69, 9.17) is 4.74 Å². The lowest BCUT2D eigenvalue weighted by molar-refractivity contribution is 0.415. The molecule has 0 atom stereocenters. The fraction of sp³-hybridized carbons (Fsp3) is 0.143. The van der Waals surface area contributed by atoms with Crippen molar-refractivity contribution < 1.29 is 4.74 Å². The van der Waals surface area contributed by atoms with Gasteiger partial charge in [-0.1, -0.05) is 0 Å². The Labute approximate surface area is 110 Å². The molecule has 0 bridgehead atoms. The van der Waals surface area contributed by atoms with E-state index in [-0.39, 0.29) is 0 Å². The topological polar surface area (TPSA) is 62.8 Å². The van der Waals surface area contributed by atoms with Crippen molar-refractivity contribution >= 4 is 16.7 Å². The minimum Gasteiger partial charge on any atom is -0.497 e. The van der Waals surface area contributed by atoms with Crippen molar-refractivity contribution in [3.8, 4) is 5.75 Å². The molecule has 0 spiro atoms. The summed E-state index contributed by atoms with van der Waals surface area (Å²) >= 11 is 0. The molecule has 3 rings (SSSR count). The average Bonchev–Trinajstić information content (AvgIpc) is 2.88. The van der Waals surface area contributed by atoms with Crippen molar-refractivity contribution in [1.82, 2.24) is 15.0 Å². The van der Waals surface area contributed by atoms with Crippen LogP contribution in [0.2, 0.25) is 0 Å². The molecule has 0 saturated carbocycles. The van der Waals surface area contributed by atoms with Gasteiger partial charge in [0.2, 0.25) is 0 Å². The molecule has 0 radical (unpaired) electrons. The lowest BCUT2D eigenvalue weighted by Crippen LogP contribution is -2.01. The second-order valence-corrected chi connectivity index (χ2v) is 4.19. The number of H-pyrrole nitrogens is 1. The van der Waals surface area contributed by atoms with Gasteiger partial charge < -0.3 is 15.0 Å². The summed E-state index contributed by atoms with van der Waals surface area (Å²) in [7, 11) is 1.67. The van der Waals surface area contributed by atoms with Gasteiger partial charge in [-0.15, -0.1) is 0 Å². The Morgan fingerprint density at radius 2 is 2.21 bits per heavy atom. The van der Waals surface area contributed by atoms with E-state index in [1.54, 1.807) is 25.7 Å². The average molecular weight is 254 g/mol. The zero-order valence-corrected chi connectivity index (χ0v) is 10.6. The molecule has 5 heteroatoms. The molecule has 0 aliphatic heterocycles. The van der Waals surface area contributed by atoms with Gasteiger partial charge in [-0.2, -0.15) is 0 Å². The van der Waals surface area contributed by atoms with E-state index in [1.807, 2.05) is 18.2 Å². The number of hydrogen-bond acceptors (Lipinski definition) is 4. The highest BCUT2D eigenvalue weighted by Gasteiger charge is 2.02. The van der Waals surface area contributed by atoms with Crippen LogP contribution in [0, 0.1) is 0 Å². The summed E-state index contributed by atoms with van der Waals surface area (Å²) < 4.78 is 5.21. The number of fused-ring (bicyclic) bond motifs is 1. The summed E-state index contributed by atoms with van der Waals surface area (Å²) in [5.74, 6) is 1.62. The van der Waals surface area contributed by atoms with Crippen LogP contribution in [0.4, 0.5) is 5.82 Å². The summed E-state index contributed by atoms with van der Waals surface area (Å²) in [4.78, 5) is 11.5. The van der Waals surface area contributed by atoms with Crippen LogP contribution in [-0.2, 0) is 6.54 Å². The molecule has 1 aromatic carbocycles. The molecule has 2 aromatic heterocycles. The number of aromatic amines is 1. The van der Waals surface area contributed by atoms with Gasteiger partial charge >= 0.3 is 0 Å². The highest BCUT2D eigenvalue weighted by Crippen LogP contribution is 2.21. The molecule has 5 nitrogen and oxygen atoms in total. The highest BCUT2D eigenvalue weighted by molar-refractivity contribution is 5.82. The van der Waals surface area contributed by atoms with E-state index in [2.05, 4.69) is 26.3 Å². The molecule has 0 aliphatic carbocycles. The van der Waals surface area contributed by atoms with Crippen LogP contribution >= 0.6 is 0 Å². The minimum absolute atomic E-state index is 0.676. The first kappa shape index (κ1) is 11.5. The molecule has 3 aromatic rings. The Morgan fingerprint density at radius 1 is 1.26 bits per heavy atom. The Bertz CT molecular complexity index is 678. The fourth-order valence-corrected chi connectivity index (χ4v) is 1.97. The van der Waals surface area contributed by atoms with Crippen molar-refractivity contribution in [1.29, 1.82) is 0 Å². The van der Waals surface area contributed by atoms with Gasteiger partial charge in [-0.25, -0.2) is 4.98 Å². The lowest BCUT2D eigenvalue weighted by Gasteiger charge is -2.01. The first-order chi connectivity index (χ1) is 9.35. The molecule has 2 heterocycles. The molecule has 2 N–H and O–H groups in total. The second kappa shape index (κ2) is 4.97. The van der Waals surface area contributed by atoms with Crippen LogP contribution in [0.15, 0.2) is 42.9 Å². The third kappa shape index (κ3) is 2.49. The Balaban J connectivity index is 1.78. The standard InChI is InChI=1S/C14H14N4O/c1-19-12-2-3-13-10(7-12)6-11(18-13)8-17-14-9-15-4-5-16-14/h2-7,9,18H,8H2,1H3,(H,16,17). The van der Waals surface area contributed by atoms with Crippen molar-refractivity contribution in [2.75, 3.05) is 12.4 Å². The van der Waals surface area contributed by atoms with E-state index in [0.29, 0.717) is 6.54 Å². The summed E-state index contributed by atoms with van der Waals surface area (Å²) in [6, 6.07) is 8.07.